The first-order chi connectivity index (χ1) is 9.99. The molecule has 0 bridgehead atoms. The normalized spacial score (nSPS) is 12.4. The Labute approximate surface area is 122 Å². The molecular weight excluding hydrogens is 270 g/mol. The smallest absolute Gasteiger partial charge is 0.343 e. The predicted octanol–water partition coefficient (Wildman–Crippen LogP) is 2.04. The molecular formula is C16H19NO4. The highest BCUT2D eigenvalue weighted by Gasteiger charge is 2.18. The quantitative estimate of drug-likeness (QED) is 0.875. The standard InChI is InChI=1S/C16H19NO4/c1-4-21-16(20)13-8-17(11(3)9-18)14-6-5-10(2)7-12(14)15(13)19/h5-8,11,18H,4,9H2,1-3H3/t11-/m1/s1. The second-order valence-electron chi connectivity index (χ2n) is 5.05. The summed E-state index contributed by atoms with van der Waals surface area (Å²) in [6.07, 6.45) is 1.47. The molecule has 1 aromatic heterocycles. The van der Waals surface area contributed by atoms with Crippen LogP contribution in [0, 0.1) is 6.92 Å². The molecule has 0 spiro atoms. The number of aryl methyl sites for hydroxylation is 1. The summed E-state index contributed by atoms with van der Waals surface area (Å²) in [5.74, 6) is -0.634. The molecule has 5 nitrogen and oxygen atoms in total. The van der Waals surface area contributed by atoms with E-state index in [-0.39, 0.29) is 30.2 Å². The second kappa shape index (κ2) is 6.10. The molecule has 1 aromatic carbocycles. The van der Waals surface area contributed by atoms with Gasteiger partial charge in [0.25, 0.3) is 0 Å². The van der Waals surface area contributed by atoms with Crippen molar-refractivity contribution in [3.63, 3.8) is 0 Å². The molecule has 1 heterocycles. The van der Waals surface area contributed by atoms with E-state index < -0.39 is 5.97 Å². The molecule has 21 heavy (non-hydrogen) atoms. The minimum Gasteiger partial charge on any atom is -0.462 e. The minimum atomic E-state index is -0.634. The van der Waals surface area contributed by atoms with Gasteiger partial charge in [-0.05, 0) is 32.9 Å². The number of rotatable bonds is 4. The molecule has 0 aliphatic carbocycles. The molecule has 5 heteroatoms. The maximum Gasteiger partial charge on any atom is 0.343 e. The van der Waals surface area contributed by atoms with Gasteiger partial charge in [0, 0.05) is 11.6 Å². The molecule has 0 saturated carbocycles. The van der Waals surface area contributed by atoms with Gasteiger partial charge in [-0.15, -0.1) is 0 Å². The van der Waals surface area contributed by atoms with Gasteiger partial charge in [-0.25, -0.2) is 4.79 Å². The van der Waals surface area contributed by atoms with E-state index in [0.29, 0.717) is 10.9 Å². The van der Waals surface area contributed by atoms with Crippen LogP contribution in [0.4, 0.5) is 0 Å². The fourth-order valence-electron chi connectivity index (χ4n) is 2.28. The van der Waals surface area contributed by atoms with Crippen molar-refractivity contribution in [2.45, 2.75) is 26.8 Å². The molecule has 0 fully saturated rings. The van der Waals surface area contributed by atoms with E-state index in [1.165, 1.54) is 6.20 Å². The zero-order chi connectivity index (χ0) is 15.6. The van der Waals surface area contributed by atoms with Crippen LogP contribution in [0.5, 0.6) is 0 Å². The highest BCUT2D eigenvalue weighted by Crippen LogP contribution is 2.18. The largest absolute Gasteiger partial charge is 0.462 e. The van der Waals surface area contributed by atoms with E-state index in [0.717, 1.165) is 5.56 Å². The third kappa shape index (κ3) is 2.83. The Hall–Kier alpha value is -2.14. The van der Waals surface area contributed by atoms with Crippen molar-refractivity contribution < 1.29 is 14.6 Å². The lowest BCUT2D eigenvalue weighted by Gasteiger charge is -2.18. The SMILES string of the molecule is CCOC(=O)c1cn([C@H](C)CO)c2ccc(C)cc2c1=O. The number of esters is 1. The maximum absolute atomic E-state index is 12.5. The third-order valence-electron chi connectivity index (χ3n) is 3.42. The second-order valence-corrected chi connectivity index (χ2v) is 5.05. The molecule has 1 atom stereocenters. The van der Waals surface area contributed by atoms with Crippen LogP contribution in [0.15, 0.2) is 29.2 Å². The molecule has 2 aromatic rings. The number of carbonyl (C=O) groups is 1. The number of nitrogens with zero attached hydrogens (tertiary/aromatic N) is 1. The number of fused-ring (bicyclic) bond motifs is 1. The summed E-state index contributed by atoms with van der Waals surface area (Å²) < 4.78 is 6.68. The number of aliphatic hydroxyl groups is 1. The molecule has 0 radical (unpaired) electrons. The fraction of sp³-hybridized carbons (Fsp3) is 0.375. The summed E-state index contributed by atoms with van der Waals surface area (Å²) in [5, 5.41) is 9.85. The molecule has 0 unspecified atom stereocenters. The molecule has 112 valence electrons. The monoisotopic (exact) mass is 289 g/mol. The zero-order valence-electron chi connectivity index (χ0n) is 12.4. The Morgan fingerprint density at radius 2 is 2.14 bits per heavy atom. The first kappa shape index (κ1) is 15.3. The Morgan fingerprint density at radius 1 is 1.43 bits per heavy atom. The average molecular weight is 289 g/mol. The highest BCUT2D eigenvalue weighted by atomic mass is 16.5. The highest BCUT2D eigenvalue weighted by molar-refractivity contribution is 5.94. The molecule has 0 amide bonds. The minimum absolute atomic E-state index is 0.00440. The van der Waals surface area contributed by atoms with E-state index in [2.05, 4.69) is 0 Å². The van der Waals surface area contributed by atoms with Gasteiger partial charge in [-0.1, -0.05) is 11.6 Å². The molecule has 2 rings (SSSR count). The van der Waals surface area contributed by atoms with Gasteiger partial charge >= 0.3 is 5.97 Å². The average Bonchev–Trinajstić information content (AvgIpc) is 2.47. The number of hydrogen-bond acceptors (Lipinski definition) is 4. The van der Waals surface area contributed by atoms with Gasteiger partial charge in [0.15, 0.2) is 0 Å². The van der Waals surface area contributed by atoms with Crippen LogP contribution in [0.25, 0.3) is 10.9 Å². The lowest BCUT2D eigenvalue weighted by molar-refractivity contribution is 0.0523. The lowest BCUT2D eigenvalue weighted by Crippen LogP contribution is -2.23. The number of ether oxygens (including phenoxy) is 1. The van der Waals surface area contributed by atoms with E-state index >= 15 is 0 Å². The summed E-state index contributed by atoms with van der Waals surface area (Å²) >= 11 is 0. The number of aromatic nitrogens is 1. The van der Waals surface area contributed by atoms with Crippen molar-refractivity contribution in [2.75, 3.05) is 13.2 Å². The van der Waals surface area contributed by atoms with Gasteiger partial charge in [-0.2, -0.15) is 0 Å². The van der Waals surface area contributed by atoms with E-state index in [4.69, 9.17) is 4.74 Å². The number of benzene rings is 1. The maximum atomic E-state index is 12.5. The van der Waals surface area contributed by atoms with Gasteiger partial charge in [0.2, 0.25) is 5.43 Å². The third-order valence-corrected chi connectivity index (χ3v) is 3.42. The number of hydrogen-bond donors (Lipinski definition) is 1. The van der Waals surface area contributed by atoms with E-state index in [9.17, 15) is 14.7 Å². The van der Waals surface area contributed by atoms with Crippen molar-refractivity contribution >= 4 is 16.9 Å². The van der Waals surface area contributed by atoms with Gasteiger partial charge in [-0.3, -0.25) is 4.79 Å². The zero-order valence-corrected chi connectivity index (χ0v) is 12.4. The number of carbonyl (C=O) groups excluding carboxylic acids is 1. The first-order valence-electron chi connectivity index (χ1n) is 6.93. The van der Waals surface area contributed by atoms with Crippen LogP contribution < -0.4 is 5.43 Å². The molecule has 0 saturated heterocycles. The van der Waals surface area contributed by atoms with Crippen LogP contribution in [0.1, 0.15) is 35.8 Å². The van der Waals surface area contributed by atoms with E-state index in [1.807, 2.05) is 26.0 Å². The predicted molar refractivity (Wildman–Crippen MR) is 80.7 cm³/mol. The van der Waals surface area contributed by atoms with Crippen LogP contribution >= 0.6 is 0 Å². The van der Waals surface area contributed by atoms with Gasteiger partial charge < -0.3 is 14.4 Å². The summed E-state index contributed by atoms with van der Waals surface area (Å²) in [5.41, 5.74) is 1.28. The van der Waals surface area contributed by atoms with Crippen LogP contribution in [0.2, 0.25) is 0 Å². The number of pyridine rings is 1. The van der Waals surface area contributed by atoms with Gasteiger partial charge in [0.1, 0.15) is 5.56 Å². The van der Waals surface area contributed by atoms with Crippen molar-refractivity contribution in [1.82, 2.24) is 4.57 Å². The molecule has 1 N–H and O–H groups in total. The van der Waals surface area contributed by atoms with Crippen molar-refractivity contribution in [3.05, 3.63) is 45.7 Å². The lowest BCUT2D eigenvalue weighted by atomic mass is 10.1. The van der Waals surface area contributed by atoms with Crippen LogP contribution in [-0.2, 0) is 4.74 Å². The first-order valence-corrected chi connectivity index (χ1v) is 6.93. The summed E-state index contributed by atoms with van der Waals surface area (Å²) in [6, 6.07) is 5.23. The number of aliphatic hydroxyl groups excluding tert-OH is 1. The van der Waals surface area contributed by atoms with Gasteiger partial charge in [0.05, 0.1) is 24.8 Å². The Kier molecular flexibility index (Phi) is 4.43. The topological polar surface area (TPSA) is 68.5 Å². The van der Waals surface area contributed by atoms with Crippen molar-refractivity contribution in [2.24, 2.45) is 0 Å². The van der Waals surface area contributed by atoms with E-state index in [1.54, 1.807) is 17.6 Å². The molecule has 0 aliphatic rings. The summed E-state index contributed by atoms with van der Waals surface area (Å²) in [6.45, 7) is 5.51. The Bertz CT molecular complexity index is 733. The summed E-state index contributed by atoms with van der Waals surface area (Å²) in [7, 11) is 0. The van der Waals surface area contributed by atoms with Crippen LogP contribution in [0.3, 0.4) is 0 Å². The van der Waals surface area contributed by atoms with Crippen molar-refractivity contribution in [3.8, 4) is 0 Å². The van der Waals surface area contributed by atoms with Crippen LogP contribution in [-0.4, -0.2) is 28.9 Å². The van der Waals surface area contributed by atoms with Crippen molar-refractivity contribution in [1.29, 1.82) is 0 Å². The Morgan fingerprint density at radius 3 is 2.76 bits per heavy atom. The molecule has 0 aliphatic heterocycles. The summed E-state index contributed by atoms with van der Waals surface area (Å²) in [4.78, 5) is 24.4. The fourth-order valence-corrected chi connectivity index (χ4v) is 2.28. The Balaban J connectivity index is 2.79.